The summed E-state index contributed by atoms with van der Waals surface area (Å²) in [7, 11) is 0. The maximum atomic E-state index is 9.86. The molecule has 2 nitrogen and oxygen atoms in total. The van der Waals surface area contributed by atoms with Crippen molar-refractivity contribution in [2.75, 3.05) is 6.61 Å². The van der Waals surface area contributed by atoms with Gasteiger partial charge in [0.1, 0.15) is 0 Å². The first kappa shape index (κ1) is 12.9. The second-order valence-corrected chi connectivity index (χ2v) is 4.08. The van der Waals surface area contributed by atoms with Gasteiger partial charge >= 0.3 is 0 Å². The van der Waals surface area contributed by atoms with Gasteiger partial charge in [0.15, 0.2) is 0 Å². The highest BCUT2D eigenvalue weighted by atomic mass is 16.3. The van der Waals surface area contributed by atoms with Crippen LogP contribution < -0.4 is 0 Å². The van der Waals surface area contributed by atoms with E-state index in [0.29, 0.717) is 12.3 Å². The minimum atomic E-state index is -0.432. The van der Waals surface area contributed by atoms with Gasteiger partial charge in [-0.05, 0) is 24.3 Å². The van der Waals surface area contributed by atoms with Crippen LogP contribution in [0.15, 0.2) is 42.5 Å². The molecule has 2 heteroatoms. The van der Waals surface area contributed by atoms with Crippen molar-refractivity contribution in [3.63, 3.8) is 0 Å². The van der Waals surface area contributed by atoms with Crippen LogP contribution in [-0.4, -0.2) is 16.8 Å². The third-order valence-electron chi connectivity index (χ3n) is 2.59. The Morgan fingerprint density at radius 3 is 2.56 bits per heavy atom. The highest BCUT2D eigenvalue weighted by molar-refractivity contribution is 5.17. The fourth-order valence-electron chi connectivity index (χ4n) is 1.55. The second kappa shape index (κ2) is 7.20. The summed E-state index contributed by atoms with van der Waals surface area (Å²) in [4.78, 5) is 0. The summed E-state index contributed by atoms with van der Waals surface area (Å²) in [6.07, 6.45) is 5.00. The SMILES string of the molecule is C[C@@H](/C=C\C[C@@H](O)c1ccccc1)CCO. The molecule has 0 saturated heterocycles. The Labute approximate surface area is 97.2 Å². The van der Waals surface area contributed by atoms with Crippen molar-refractivity contribution in [2.45, 2.75) is 25.9 Å². The van der Waals surface area contributed by atoms with E-state index < -0.39 is 6.10 Å². The van der Waals surface area contributed by atoms with Crippen molar-refractivity contribution in [2.24, 2.45) is 5.92 Å². The predicted octanol–water partition coefficient (Wildman–Crippen LogP) is 2.68. The Morgan fingerprint density at radius 2 is 1.94 bits per heavy atom. The molecule has 88 valence electrons. The van der Waals surface area contributed by atoms with Crippen LogP contribution in [0.3, 0.4) is 0 Å². The first-order valence-corrected chi connectivity index (χ1v) is 5.74. The minimum absolute atomic E-state index is 0.215. The van der Waals surface area contributed by atoms with Gasteiger partial charge < -0.3 is 10.2 Å². The van der Waals surface area contributed by atoms with E-state index >= 15 is 0 Å². The summed E-state index contributed by atoms with van der Waals surface area (Å²) >= 11 is 0. The quantitative estimate of drug-likeness (QED) is 0.724. The third kappa shape index (κ3) is 4.60. The lowest BCUT2D eigenvalue weighted by Gasteiger charge is -2.08. The Bertz CT molecular complexity index is 306. The fraction of sp³-hybridized carbons (Fsp3) is 0.429. The van der Waals surface area contributed by atoms with E-state index in [2.05, 4.69) is 6.92 Å². The van der Waals surface area contributed by atoms with Gasteiger partial charge in [-0.2, -0.15) is 0 Å². The van der Waals surface area contributed by atoms with E-state index in [1.165, 1.54) is 0 Å². The lowest BCUT2D eigenvalue weighted by atomic mass is 10.0. The highest BCUT2D eigenvalue weighted by Crippen LogP contribution is 2.16. The molecule has 0 unspecified atom stereocenters. The molecule has 0 fully saturated rings. The fourth-order valence-corrected chi connectivity index (χ4v) is 1.55. The molecule has 1 aromatic carbocycles. The van der Waals surface area contributed by atoms with E-state index in [1.807, 2.05) is 42.5 Å². The van der Waals surface area contributed by atoms with Crippen LogP contribution in [0.5, 0.6) is 0 Å². The molecule has 2 N–H and O–H groups in total. The Kier molecular flexibility index (Phi) is 5.83. The van der Waals surface area contributed by atoms with Crippen LogP contribution >= 0.6 is 0 Å². The predicted molar refractivity (Wildman–Crippen MR) is 66.0 cm³/mol. The summed E-state index contributed by atoms with van der Waals surface area (Å²) in [5, 5.41) is 18.6. The normalized spacial score (nSPS) is 15.2. The summed E-state index contributed by atoms with van der Waals surface area (Å²) in [6, 6.07) is 9.65. The van der Waals surface area contributed by atoms with Crippen molar-refractivity contribution >= 4 is 0 Å². The first-order chi connectivity index (χ1) is 7.74. The van der Waals surface area contributed by atoms with Crippen LogP contribution in [0.1, 0.15) is 31.4 Å². The zero-order valence-electron chi connectivity index (χ0n) is 9.71. The van der Waals surface area contributed by atoms with Crippen LogP contribution in [0.4, 0.5) is 0 Å². The topological polar surface area (TPSA) is 40.5 Å². The average Bonchev–Trinajstić information content (AvgIpc) is 2.30. The molecular formula is C14H20O2. The van der Waals surface area contributed by atoms with E-state index in [1.54, 1.807) is 0 Å². The number of hydrogen-bond donors (Lipinski definition) is 2. The van der Waals surface area contributed by atoms with Crippen LogP contribution in [0, 0.1) is 5.92 Å². The van der Waals surface area contributed by atoms with Gasteiger partial charge in [-0.3, -0.25) is 0 Å². The molecule has 0 aliphatic carbocycles. The molecule has 0 aromatic heterocycles. The molecule has 1 rings (SSSR count). The van der Waals surface area contributed by atoms with Gasteiger partial charge in [-0.25, -0.2) is 0 Å². The van der Waals surface area contributed by atoms with Gasteiger partial charge in [-0.1, -0.05) is 49.4 Å². The zero-order valence-corrected chi connectivity index (χ0v) is 9.71. The smallest absolute Gasteiger partial charge is 0.0824 e. The zero-order chi connectivity index (χ0) is 11.8. The molecular weight excluding hydrogens is 200 g/mol. The summed E-state index contributed by atoms with van der Waals surface area (Å²) in [6.45, 7) is 2.27. The van der Waals surface area contributed by atoms with E-state index in [0.717, 1.165) is 12.0 Å². The molecule has 0 heterocycles. The minimum Gasteiger partial charge on any atom is -0.396 e. The van der Waals surface area contributed by atoms with Gasteiger partial charge in [-0.15, -0.1) is 0 Å². The van der Waals surface area contributed by atoms with Crippen molar-refractivity contribution in [1.82, 2.24) is 0 Å². The van der Waals surface area contributed by atoms with Crippen LogP contribution in [-0.2, 0) is 0 Å². The molecule has 0 spiro atoms. The van der Waals surface area contributed by atoms with Gasteiger partial charge in [0.05, 0.1) is 6.10 Å². The van der Waals surface area contributed by atoms with Crippen molar-refractivity contribution in [3.05, 3.63) is 48.0 Å². The molecule has 2 atom stereocenters. The average molecular weight is 220 g/mol. The number of hydrogen-bond acceptors (Lipinski definition) is 2. The molecule has 0 saturated carbocycles. The third-order valence-corrected chi connectivity index (χ3v) is 2.59. The molecule has 1 aromatic rings. The van der Waals surface area contributed by atoms with Crippen LogP contribution in [0.2, 0.25) is 0 Å². The highest BCUT2D eigenvalue weighted by Gasteiger charge is 2.04. The molecule has 16 heavy (non-hydrogen) atoms. The first-order valence-electron chi connectivity index (χ1n) is 5.74. The van der Waals surface area contributed by atoms with Gasteiger partial charge in [0.2, 0.25) is 0 Å². The van der Waals surface area contributed by atoms with Crippen molar-refractivity contribution < 1.29 is 10.2 Å². The number of allylic oxidation sites excluding steroid dienone is 1. The summed E-state index contributed by atoms with van der Waals surface area (Å²) in [5.74, 6) is 0.368. The lowest BCUT2D eigenvalue weighted by Crippen LogP contribution is -1.96. The summed E-state index contributed by atoms with van der Waals surface area (Å²) in [5.41, 5.74) is 0.946. The monoisotopic (exact) mass is 220 g/mol. The second-order valence-electron chi connectivity index (χ2n) is 4.08. The number of aliphatic hydroxyl groups excluding tert-OH is 2. The lowest BCUT2D eigenvalue weighted by molar-refractivity contribution is 0.181. The van der Waals surface area contributed by atoms with Gasteiger partial charge in [0.25, 0.3) is 0 Å². The Morgan fingerprint density at radius 1 is 1.25 bits per heavy atom. The molecule has 0 aliphatic rings. The Hall–Kier alpha value is -1.12. The number of aliphatic hydroxyl groups is 2. The molecule has 0 aliphatic heterocycles. The van der Waals surface area contributed by atoms with Crippen LogP contribution in [0.25, 0.3) is 0 Å². The Balaban J connectivity index is 2.38. The van der Waals surface area contributed by atoms with E-state index in [9.17, 15) is 5.11 Å². The number of benzene rings is 1. The maximum absolute atomic E-state index is 9.86. The maximum Gasteiger partial charge on any atom is 0.0824 e. The largest absolute Gasteiger partial charge is 0.396 e. The molecule has 0 radical (unpaired) electrons. The summed E-state index contributed by atoms with van der Waals surface area (Å²) < 4.78 is 0. The van der Waals surface area contributed by atoms with E-state index in [4.69, 9.17) is 5.11 Å². The number of rotatable bonds is 6. The standard InChI is InChI=1S/C14H20O2/c1-12(10-11-15)6-5-9-14(16)13-7-3-2-4-8-13/h2-8,12,14-16H,9-11H2,1H3/b6-5-/t12-,14+/m0/s1. The van der Waals surface area contributed by atoms with E-state index in [-0.39, 0.29) is 6.61 Å². The van der Waals surface area contributed by atoms with Crippen molar-refractivity contribution in [3.8, 4) is 0 Å². The van der Waals surface area contributed by atoms with Crippen molar-refractivity contribution in [1.29, 1.82) is 0 Å². The molecule has 0 amide bonds. The van der Waals surface area contributed by atoms with Gasteiger partial charge in [0, 0.05) is 6.61 Å². The molecule has 0 bridgehead atoms.